The number of halogens is 5. The molecule has 0 radical (unpaired) electrons. The Morgan fingerprint density at radius 2 is 1.53 bits per heavy atom. The Morgan fingerprint density at radius 1 is 1.13 bits per heavy atom. The van der Waals surface area contributed by atoms with E-state index in [1.54, 1.807) is 0 Å². The van der Waals surface area contributed by atoms with Gasteiger partial charge in [0.15, 0.2) is 0 Å². The van der Waals surface area contributed by atoms with Crippen molar-refractivity contribution >= 4 is 41.4 Å². The Morgan fingerprint density at radius 3 is 1.80 bits per heavy atom. The summed E-state index contributed by atoms with van der Waals surface area (Å²) in [5, 5.41) is 0. The fourth-order valence-electron chi connectivity index (χ4n) is 0.509. The first-order valence-corrected chi connectivity index (χ1v) is 7.65. The van der Waals surface area contributed by atoms with Gasteiger partial charge in [-0.25, -0.2) is 4.57 Å². The maximum absolute atomic E-state index is 12.0. The largest absolute Gasteiger partial charge is 0.452 e. The summed E-state index contributed by atoms with van der Waals surface area (Å²) >= 11 is 9.57. The molecule has 0 aromatic carbocycles. The summed E-state index contributed by atoms with van der Waals surface area (Å²) in [6.45, 7) is -4.83. The number of rotatable bonds is 7. The highest BCUT2D eigenvalue weighted by molar-refractivity contribution is 8.55. The van der Waals surface area contributed by atoms with Gasteiger partial charge in [0.25, 0.3) is 0 Å². The van der Waals surface area contributed by atoms with E-state index in [-0.39, 0.29) is 25.0 Å². The lowest BCUT2D eigenvalue weighted by molar-refractivity contribution is -0.0318. The summed E-state index contributed by atoms with van der Waals surface area (Å²) in [5.41, 5.74) is -4.70. The van der Waals surface area contributed by atoms with Gasteiger partial charge in [-0.3, -0.25) is 9.05 Å². The van der Waals surface area contributed by atoms with Crippen LogP contribution in [0.1, 0.15) is 0 Å². The van der Waals surface area contributed by atoms with Crippen LogP contribution in [0.25, 0.3) is 0 Å². The molecule has 0 bridgehead atoms. The molecule has 0 spiro atoms. The third-order valence-corrected chi connectivity index (χ3v) is 4.53. The summed E-state index contributed by atoms with van der Waals surface area (Å²) < 4.78 is 56.2. The quantitative estimate of drug-likeness (QED) is 0.528. The molecule has 3 nitrogen and oxygen atoms in total. The molecular weight excluding hydrogens is 299 g/mol. The zero-order chi connectivity index (χ0) is 11.9. The summed E-state index contributed by atoms with van der Waals surface area (Å²) in [6, 6.07) is 0. The molecule has 0 saturated heterocycles. The van der Waals surface area contributed by atoms with E-state index in [1.807, 2.05) is 0 Å². The van der Waals surface area contributed by atoms with E-state index in [9.17, 15) is 17.7 Å². The normalized spacial score (nSPS) is 13.1. The van der Waals surface area contributed by atoms with Crippen molar-refractivity contribution in [3.05, 3.63) is 0 Å². The van der Waals surface area contributed by atoms with Crippen molar-refractivity contribution in [2.75, 3.05) is 25.0 Å². The molecule has 0 aromatic heterocycles. The van der Waals surface area contributed by atoms with Crippen molar-refractivity contribution in [3.8, 4) is 0 Å². The minimum Gasteiger partial charge on any atom is -0.299 e. The Kier molecular flexibility index (Phi) is 7.67. The number of alkyl halides is 5. The monoisotopic (exact) mass is 306 g/mol. The standard InChI is InChI=1S/C5H8Cl2F3O3PS/c6-1-3-12-14(11,13-4-2-7)15-5(8,9)10/h1-4H2. The third kappa shape index (κ3) is 8.65. The van der Waals surface area contributed by atoms with Crippen LogP contribution in [0.15, 0.2) is 0 Å². The highest BCUT2D eigenvalue weighted by Gasteiger charge is 2.42. The lowest BCUT2D eigenvalue weighted by Gasteiger charge is -2.17. The van der Waals surface area contributed by atoms with Crippen LogP contribution in [0, 0.1) is 0 Å². The Bertz CT molecular complexity index is 216. The van der Waals surface area contributed by atoms with E-state index < -0.39 is 23.7 Å². The molecule has 0 aliphatic rings. The Balaban J connectivity index is 4.34. The highest BCUT2D eigenvalue weighted by atomic mass is 35.5. The molecule has 0 fully saturated rings. The second kappa shape index (κ2) is 7.25. The van der Waals surface area contributed by atoms with Crippen molar-refractivity contribution in [2.24, 2.45) is 0 Å². The van der Waals surface area contributed by atoms with Gasteiger partial charge in [-0.05, 0) is 0 Å². The Labute approximate surface area is 98.9 Å². The van der Waals surface area contributed by atoms with E-state index >= 15 is 0 Å². The van der Waals surface area contributed by atoms with Gasteiger partial charge < -0.3 is 0 Å². The second-order valence-electron chi connectivity index (χ2n) is 2.03. The maximum atomic E-state index is 12.0. The first-order chi connectivity index (χ1) is 6.83. The van der Waals surface area contributed by atoms with E-state index in [1.165, 1.54) is 0 Å². The van der Waals surface area contributed by atoms with Crippen LogP contribution in [0.3, 0.4) is 0 Å². The van der Waals surface area contributed by atoms with Crippen LogP contribution in [-0.4, -0.2) is 30.5 Å². The molecule has 0 heterocycles. The van der Waals surface area contributed by atoms with Crippen molar-refractivity contribution < 1.29 is 26.8 Å². The van der Waals surface area contributed by atoms with Crippen LogP contribution in [-0.2, 0) is 13.6 Å². The molecule has 0 amide bonds. The molecule has 0 N–H and O–H groups in total. The molecule has 0 aromatic rings. The van der Waals surface area contributed by atoms with Gasteiger partial charge in [-0.2, -0.15) is 13.2 Å². The zero-order valence-corrected chi connectivity index (χ0v) is 10.5. The fourth-order valence-corrected chi connectivity index (χ4v) is 3.47. The Hall–Kier alpha value is 0.870. The lowest BCUT2D eigenvalue weighted by atomic mass is 10.9. The molecule has 0 saturated carbocycles. The second-order valence-corrected chi connectivity index (χ2v) is 6.73. The summed E-state index contributed by atoms with van der Waals surface area (Å²) in [5.74, 6) is -0.153. The van der Waals surface area contributed by atoms with E-state index in [0.29, 0.717) is 0 Å². The predicted octanol–water partition coefficient (Wildman–Crippen LogP) is 3.86. The number of hydrogen-bond donors (Lipinski definition) is 0. The van der Waals surface area contributed by atoms with Gasteiger partial charge in [0, 0.05) is 11.8 Å². The molecule has 0 unspecified atom stereocenters. The predicted molar refractivity (Wildman–Crippen MR) is 54.6 cm³/mol. The van der Waals surface area contributed by atoms with Gasteiger partial charge in [0.2, 0.25) is 0 Å². The summed E-state index contributed by atoms with van der Waals surface area (Å²) in [6.07, 6.45) is 0. The molecule has 0 aliphatic heterocycles. The fraction of sp³-hybridized carbons (Fsp3) is 1.00. The van der Waals surface area contributed by atoms with Crippen LogP contribution in [0.5, 0.6) is 0 Å². The molecule has 10 heteroatoms. The topological polar surface area (TPSA) is 35.5 Å². The van der Waals surface area contributed by atoms with Crippen molar-refractivity contribution in [3.63, 3.8) is 0 Å². The van der Waals surface area contributed by atoms with E-state index in [0.717, 1.165) is 0 Å². The highest BCUT2D eigenvalue weighted by Crippen LogP contribution is 2.66. The number of hydrogen-bond acceptors (Lipinski definition) is 4. The minimum atomic E-state index is -4.70. The van der Waals surface area contributed by atoms with Gasteiger partial charge in [0.05, 0.1) is 24.6 Å². The molecule has 0 rings (SSSR count). The van der Waals surface area contributed by atoms with Crippen LogP contribution < -0.4 is 0 Å². The first-order valence-electron chi connectivity index (χ1n) is 3.61. The molecule has 0 aliphatic carbocycles. The molecule has 15 heavy (non-hydrogen) atoms. The maximum Gasteiger partial charge on any atom is 0.452 e. The third-order valence-electron chi connectivity index (χ3n) is 0.868. The van der Waals surface area contributed by atoms with Crippen molar-refractivity contribution in [1.82, 2.24) is 0 Å². The van der Waals surface area contributed by atoms with Gasteiger partial charge in [-0.15, -0.1) is 23.2 Å². The van der Waals surface area contributed by atoms with Gasteiger partial charge in [0.1, 0.15) is 0 Å². The van der Waals surface area contributed by atoms with Crippen LogP contribution in [0.2, 0.25) is 0 Å². The SMILES string of the molecule is O=P(OCCCl)(OCCCl)SC(F)(F)F. The smallest absolute Gasteiger partial charge is 0.299 e. The minimum absolute atomic E-state index is 0.0767. The average molecular weight is 307 g/mol. The summed E-state index contributed by atoms with van der Waals surface area (Å²) in [7, 11) is 0. The lowest BCUT2D eigenvalue weighted by Crippen LogP contribution is -2.05. The molecule has 92 valence electrons. The van der Waals surface area contributed by atoms with E-state index in [4.69, 9.17) is 23.2 Å². The molecular formula is C5H8Cl2F3O3PS. The van der Waals surface area contributed by atoms with Gasteiger partial charge >= 0.3 is 12.3 Å². The van der Waals surface area contributed by atoms with Crippen LogP contribution in [0.4, 0.5) is 13.2 Å². The van der Waals surface area contributed by atoms with E-state index in [2.05, 4.69) is 9.05 Å². The molecule has 0 atom stereocenters. The van der Waals surface area contributed by atoms with Crippen LogP contribution >= 0.6 is 41.4 Å². The zero-order valence-electron chi connectivity index (χ0n) is 7.30. The van der Waals surface area contributed by atoms with Crippen molar-refractivity contribution in [2.45, 2.75) is 5.51 Å². The average Bonchev–Trinajstić information content (AvgIpc) is 2.09. The first kappa shape index (κ1) is 15.9. The van der Waals surface area contributed by atoms with Crippen molar-refractivity contribution in [1.29, 1.82) is 0 Å². The van der Waals surface area contributed by atoms with Gasteiger partial charge in [-0.1, -0.05) is 0 Å². The summed E-state index contributed by atoms with van der Waals surface area (Å²) in [4.78, 5) is 0.